The van der Waals surface area contributed by atoms with Crippen molar-refractivity contribution in [2.24, 2.45) is 0 Å². The normalized spacial score (nSPS) is 11.0. The Labute approximate surface area is 192 Å². The summed E-state index contributed by atoms with van der Waals surface area (Å²) in [5.74, 6) is -0.455. The summed E-state index contributed by atoms with van der Waals surface area (Å²) >= 11 is 0. The molecule has 0 aliphatic carbocycles. The second-order valence-electron chi connectivity index (χ2n) is 7.13. The van der Waals surface area contributed by atoms with Crippen molar-refractivity contribution in [2.75, 3.05) is 22.3 Å². The van der Waals surface area contributed by atoms with Crippen LogP contribution in [-0.2, 0) is 14.8 Å². The Morgan fingerprint density at radius 2 is 1.38 bits per heavy atom. The molecule has 0 spiro atoms. The Balaban J connectivity index is 0.00000289. The molecule has 1 heterocycles. The highest BCUT2D eigenvalue weighted by Crippen LogP contribution is 2.33. The van der Waals surface area contributed by atoms with E-state index < -0.39 is 10.0 Å². The van der Waals surface area contributed by atoms with Crippen LogP contribution in [0.25, 0.3) is 21.8 Å². The number of hydrogen-bond donors (Lipinski definition) is 3. The second kappa shape index (κ2) is 9.84. The molecule has 0 saturated heterocycles. The van der Waals surface area contributed by atoms with Crippen molar-refractivity contribution in [3.05, 3.63) is 72.8 Å². The first-order chi connectivity index (χ1) is 14.9. The van der Waals surface area contributed by atoms with E-state index in [1.54, 1.807) is 12.1 Å². The minimum Gasteiger partial charge on any atom is -0.355 e. The third-order valence-corrected chi connectivity index (χ3v) is 6.05. The van der Waals surface area contributed by atoms with Crippen molar-refractivity contribution in [2.45, 2.75) is 6.92 Å². The van der Waals surface area contributed by atoms with Crippen LogP contribution in [0.15, 0.2) is 72.8 Å². The van der Waals surface area contributed by atoms with E-state index in [2.05, 4.69) is 15.4 Å². The molecule has 0 atom stereocenters. The van der Waals surface area contributed by atoms with E-state index in [1.165, 1.54) is 6.92 Å². The number of halogens is 1. The van der Waals surface area contributed by atoms with E-state index >= 15 is 0 Å². The SMILES string of the molecule is CC(=O)NCCS(=O)(=O)Nc1ccc(Nc2c3ccccc3nc3ccccc23)cc1.Cl. The number of aromatic nitrogens is 1. The fourth-order valence-corrected chi connectivity index (χ4v) is 4.30. The standard InChI is InChI=1S/C23H22N4O3S.ClH/c1-16(28)24-14-15-31(29,30)27-18-12-10-17(11-13-18)25-23-19-6-2-4-8-21(19)26-22-9-5-3-7-20(22)23;/h2-13,27H,14-15H2,1H3,(H,24,28)(H,25,26);1H. The first-order valence-corrected chi connectivity index (χ1v) is 11.5. The Bertz CT molecular complexity index is 1310. The average Bonchev–Trinajstić information content (AvgIpc) is 2.74. The molecule has 9 heteroatoms. The van der Waals surface area contributed by atoms with Gasteiger partial charge in [-0.05, 0) is 36.4 Å². The molecule has 4 rings (SSSR count). The first kappa shape index (κ1) is 23.3. The Morgan fingerprint density at radius 1 is 0.844 bits per heavy atom. The Kier molecular flexibility index (Phi) is 7.17. The topological polar surface area (TPSA) is 100 Å². The molecule has 4 aromatic rings. The van der Waals surface area contributed by atoms with Gasteiger partial charge < -0.3 is 10.6 Å². The van der Waals surface area contributed by atoms with Crippen LogP contribution in [0.4, 0.5) is 17.1 Å². The van der Waals surface area contributed by atoms with Gasteiger partial charge in [-0.1, -0.05) is 36.4 Å². The third-order valence-electron chi connectivity index (χ3n) is 4.76. The van der Waals surface area contributed by atoms with E-state index in [-0.39, 0.29) is 30.6 Å². The molecule has 0 radical (unpaired) electrons. The van der Waals surface area contributed by atoms with Gasteiger partial charge in [0, 0.05) is 35.6 Å². The molecule has 7 nitrogen and oxygen atoms in total. The maximum atomic E-state index is 12.2. The number of fused-ring (bicyclic) bond motifs is 2. The number of nitrogens with zero attached hydrogens (tertiary/aromatic N) is 1. The summed E-state index contributed by atoms with van der Waals surface area (Å²) < 4.78 is 26.9. The zero-order valence-corrected chi connectivity index (χ0v) is 19.0. The largest absolute Gasteiger partial charge is 0.355 e. The number of sulfonamides is 1. The van der Waals surface area contributed by atoms with Gasteiger partial charge in [0.2, 0.25) is 15.9 Å². The molecule has 166 valence electrons. The number of para-hydroxylation sites is 2. The Morgan fingerprint density at radius 3 is 1.94 bits per heavy atom. The van der Waals surface area contributed by atoms with Crippen molar-refractivity contribution >= 4 is 67.2 Å². The molecular weight excluding hydrogens is 448 g/mol. The van der Waals surface area contributed by atoms with E-state index in [1.807, 2.05) is 60.7 Å². The smallest absolute Gasteiger partial charge is 0.234 e. The molecule has 0 aliphatic heterocycles. The zero-order valence-electron chi connectivity index (χ0n) is 17.3. The molecule has 3 N–H and O–H groups in total. The van der Waals surface area contributed by atoms with E-state index in [9.17, 15) is 13.2 Å². The highest BCUT2D eigenvalue weighted by atomic mass is 35.5. The maximum absolute atomic E-state index is 12.2. The third kappa shape index (κ3) is 5.46. The van der Waals surface area contributed by atoms with Crippen LogP contribution in [0, 0.1) is 0 Å². The number of nitrogens with one attached hydrogen (secondary N) is 3. The molecule has 0 bridgehead atoms. The highest BCUT2D eigenvalue weighted by molar-refractivity contribution is 7.92. The van der Waals surface area contributed by atoms with Gasteiger partial charge in [0.05, 0.1) is 22.5 Å². The van der Waals surface area contributed by atoms with Gasteiger partial charge in [-0.25, -0.2) is 13.4 Å². The zero-order chi connectivity index (χ0) is 21.8. The van der Waals surface area contributed by atoms with Crippen LogP contribution in [0.3, 0.4) is 0 Å². The summed E-state index contributed by atoms with van der Waals surface area (Å²) in [7, 11) is -3.55. The van der Waals surface area contributed by atoms with Crippen molar-refractivity contribution in [1.82, 2.24) is 10.3 Å². The number of benzene rings is 3. The molecule has 32 heavy (non-hydrogen) atoms. The molecule has 0 unspecified atom stereocenters. The molecule has 1 aromatic heterocycles. The fraction of sp³-hybridized carbons (Fsp3) is 0.130. The summed E-state index contributed by atoms with van der Waals surface area (Å²) in [6.07, 6.45) is 0. The van der Waals surface area contributed by atoms with Crippen molar-refractivity contribution in [3.63, 3.8) is 0 Å². The minimum absolute atomic E-state index is 0. The van der Waals surface area contributed by atoms with Gasteiger partial charge in [-0.2, -0.15) is 0 Å². The molecule has 0 fully saturated rings. The van der Waals surface area contributed by atoms with Crippen molar-refractivity contribution in [3.8, 4) is 0 Å². The molecule has 1 amide bonds. The number of amides is 1. The van der Waals surface area contributed by atoms with Crippen LogP contribution in [-0.4, -0.2) is 31.6 Å². The summed E-state index contributed by atoms with van der Waals surface area (Å²) in [5, 5.41) is 7.95. The fourth-order valence-electron chi connectivity index (χ4n) is 3.33. The lowest BCUT2D eigenvalue weighted by Gasteiger charge is -2.14. The molecular formula is C23H23ClN4O3S. The highest BCUT2D eigenvalue weighted by Gasteiger charge is 2.12. The molecule has 0 saturated carbocycles. The second-order valence-corrected chi connectivity index (χ2v) is 8.97. The lowest BCUT2D eigenvalue weighted by Crippen LogP contribution is -2.29. The van der Waals surface area contributed by atoms with Crippen LogP contribution < -0.4 is 15.4 Å². The van der Waals surface area contributed by atoms with Gasteiger partial charge >= 0.3 is 0 Å². The number of carbonyl (C=O) groups is 1. The summed E-state index contributed by atoms with van der Waals surface area (Å²) in [6.45, 7) is 1.41. The van der Waals surface area contributed by atoms with Crippen LogP contribution in [0.5, 0.6) is 0 Å². The van der Waals surface area contributed by atoms with Crippen molar-refractivity contribution in [1.29, 1.82) is 0 Å². The number of carbonyl (C=O) groups excluding carboxylic acids is 1. The van der Waals surface area contributed by atoms with Gasteiger partial charge in [0.15, 0.2) is 0 Å². The lowest BCUT2D eigenvalue weighted by atomic mass is 10.1. The van der Waals surface area contributed by atoms with Crippen LogP contribution in [0.1, 0.15) is 6.92 Å². The average molecular weight is 471 g/mol. The monoisotopic (exact) mass is 470 g/mol. The van der Waals surface area contributed by atoms with Gasteiger partial charge in [0.25, 0.3) is 0 Å². The molecule has 3 aromatic carbocycles. The van der Waals surface area contributed by atoms with Gasteiger partial charge in [-0.15, -0.1) is 12.4 Å². The van der Waals surface area contributed by atoms with E-state index in [0.29, 0.717) is 5.69 Å². The van der Waals surface area contributed by atoms with E-state index in [4.69, 9.17) is 4.98 Å². The summed E-state index contributed by atoms with van der Waals surface area (Å²) in [4.78, 5) is 15.6. The predicted molar refractivity (Wildman–Crippen MR) is 132 cm³/mol. The van der Waals surface area contributed by atoms with Gasteiger partial charge in [0.1, 0.15) is 0 Å². The maximum Gasteiger partial charge on any atom is 0.234 e. The number of hydrogen-bond acceptors (Lipinski definition) is 5. The summed E-state index contributed by atoms with van der Waals surface area (Å²) in [6, 6.07) is 22.9. The van der Waals surface area contributed by atoms with Gasteiger partial charge in [-0.3, -0.25) is 9.52 Å². The number of anilines is 3. The first-order valence-electron chi connectivity index (χ1n) is 9.81. The Hall–Kier alpha value is -3.36. The van der Waals surface area contributed by atoms with Crippen molar-refractivity contribution < 1.29 is 13.2 Å². The number of pyridine rings is 1. The van der Waals surface area contributed by atoms with Crippen LogP contribution >= 0.6 is 12.4 Å². The number of rotatable bonds is 7. The lowest BCUT2D eigenvalue weighted by molar-refractivity contribution is -0.118. The predicted octanol–water partition coefficient (Wildman–Crippen LogP) is 4.43. The van der Waals surface area contributed by atoms with E-state index in [0.717, 1.165) is 33.2 Å². The quantitative estimate of drug-likeness (QED) is 0.347. The summed E-state index contributed by atoms with van der Waals surface area (Å²) in [5.41, 5.74) is 4.02. The van der Waals surface area contributed by atoms with Crippen LogP contribution in [0.2, 0.25) is 0 Å². The minimum atomic E-state index is -3.55. The molecule has 0 aliphatic rings.